The highest BCUT2D eigenvalue weighted by Gasteiger charge is 2.27. The zero-order valence-corrected chi connectivity index (χ0v) is 8.38. The summed E-state index contributed by atoms with van der Waals surface area (Å²) in [5.74, 6) is 0.111. The fraction of sp³-hybridized carbons (Fsp3) is 0.889. The largest absolute Gasteiger partial charge is 0.375 e. The molecule has 1 unspecified atom stereocenters. The van der Waals surface area contributed by atoms with E-state index in [1.807, 2.05) is 11.9 Å². The molecule has 76 valence electrons. The summed E-state index contributed by atoms with van der Waals surface area (Å²) in [4.78, 5) is 13.4. The normalized spacial score (nSPS) is 22.3. The van der Waals surface area contributed by atoms with Crippen LogP contribution in [-0.4, -0.2) is 50.7 Å². The molecule has 1 amide bonds. The molecule has 0 saturated carbocycles. The average Bonchev–Trinajstić information content (AvgIpc) is 2.54. The van der Waals surface area contributed by atoms with E-state index in [9.17, 15) is 4.79 Å². The van der Waals surface area contributed by atoms with Crippen LogP contribution in [-0.2, 0) is 9.53 Å². The van der Waals surface area contributed by atoms with Crippen LogP contribution in [0.3, 0.4) is 0 Å². The van der Waals surface area contributed by atoms with Gasteiger partial charge in [-0.15, -0.1) is 0 Å². The Morgan fingerprint density at radius 1 is 1.69 bits per heavy atom. The maximum absolute atomic E-state index is 11.5. The fourth-order valence-electron chi connectivity index (χ4n) is 1.82. The van der Waals surface area contributed by atoms with E-state index in [0.717, 1.165) is 25.9 Å². The van der Waals surface area contributed by atoms with Crippen LogP contribution in [0.25, 0.3) is 0 Å². The first-order valence-electron chi connectivity index (χ1n) is 4.72. The number of hydrogen-bond acceptors (Lipinski definition) is 3. The van der Waals surface area contributed by atoms with E-state index in [-0.39, 0.29) is 12.5 Å². The lowest BCUT2D eigenvalue weighted by molar-refractivity contribution is -0.135. The van der Waals surface area contributed by atoms with E-state index >= 15 is 0 Å². The summed E-state index contributed by atoms with van der Waals surface area (Å²) >= 11 is 0. The second-order valence-corrected chi connectivity index (χ2v) is 3.37. The van der Waals surface area contributed by atoms with Crippen molar-refractivity contribution in [2.45, 2.75) is 18.9 Å². The lowest BCUT2D eigenvalue weighted by Gasteiger charge is -2.24. The van der Waals surface area contributed by atoms with Crippen LogP contribution in [0.15, 0.2) is 0 Å². The molecule has 4 nitrogen and oxygen atoms in total. The Hall–Kier alpha value is -0.610. The molecule has 13 heavy (non-hydrogen) atoms. The molecule has 0 aromatic carbocycles. The van der Waals surface area contributed by atoms with E-state index in [1.54, 1.807) is 7.11 Å². The Kier molecular flexibility index (Phi) is 4.18. The Bertz CT molecular complexity index is 173. The quantitative estimate of drug-likeness (QED) is 0.663. The molecule has 0 aliphatic carbocycles. The number of likely N-dealkylation sites (tertiary alicyclic amines) is 1. The maximum atomic E-state index is 11.5. The molecule has 0 aromatic heterocycles. The number of ether oxygens (including phenoxy) is 1. The minimum Gasteiger partial charge on any atom is -0.375 e. The number of nitrogens with zero attached hydrogens (tertiary/aromatic N) is 1. The number of nitrogens with one attached hydrogen (secondary N) is 1. The van der Waals surface area contributed by atoms with Crippen LogP contribution in [0.4, 0.5) is 0 Å². The fourth-order valence-corrected chi connectivity index (χ4v) is 1.82. The van der Waals surface area contributed by atoms with Gasteiger partial charge in [-0.3, -0.25) is 4.79 Å². The van der Waals surface area contributed by atoms with Gasteiger partial charge in [-0.2, -0.15) is 0 Å². The highest BCUT2D eigenvalue weighted by molar-refractivity contribution is 5.78. The molecule has 1 fully saturated rings. The van der Waals surface area contributed by atoms with Gasteiger partial charge < -0.3 is 15.0 Å². The van der Waals surface area contributed by atoms with Crippen LogP contribution in [0.2, 0.25) is 0 Å². The first kappa shape index (κ1) is 10.5. The third-order valence-corrected chi connectivity index (χ3v) is 2.41. The van der Waals surface area contributed by atoms with E-state index in [1.165, 1.54) is 0 Å². The number of hydrogen-bond donors (Lipinski definition) is 1. The summed E-state index contributed by atoms with van der Waals surface area (Å²) in [6, 6.07) is 0.368. The predicted octanol–water partition coefficient (Wildman–Crippen LogP) is -0.157. The molecule has 0 spiro atoms. The van der Waals surface area contributed by atoms with Crippen LogP contribution in [0.5, 0.6) is 0 Å². The standard InChI is InChI=1S/C9H18N2O2/c1-10-6-8-4-3-5-11(8)9(12)7-13-2/h8,10H,3-7H2,1-2H3. The first-order chi connectivity index (χ1) is 6.29. The van der Waals surface area contributed by atoms with Crippen molar-refractivity contribution in [3.05, 3.63) is 0 Å². The summed E-state index contributed by atoms with van der Waals surface area (Å²) in [5.41, 5.74) is 0. The van der Waals surface area contributed by atoms with Crippen molar-refractivity contribution in [2.24, 2.45) is 0 Å². The van der Waals surface area contributed by atoms with E-state index in [4.69, 9.17) is 4.74 Å². The number of methoxy groups -OCH3 is 1. The van der Waals surface area contributed by atoms with Crippen molar-refractivity contribution in [2.75, 3.05) is 33.9 Å². The second kappa shape index (κ2) is 5.19. The monoisotopic (exact) mass is 186 g/mol. The summed E-state index contributed by atoms with van der Waals surface area (Å²) in [7, 11) is 3.47. The molecule has 0 bridgehead atoms. The van der Waals surface area contributed by atoms with Gasteiger partial charge in [0.1, 0.15) is 6.61 Å². The van der Waals surface area contributed by atoms with Gasteiger partial charge in [-0.1, -0.05) is 0 Å². The smallest absolute Gasteiger partial charge is 0.248 e. The van der Waals surface area contributed by atoms with Gasteiger partial charge in [0, 0.05) is 26.2 Å². The third-order valence-electron chi connectivity index (χ3n) is 2.41. The molecule has 0 radical (unpaired) electrons. The van der Waals surface area contributed by atoms with Crippen molar-refractivity contribution in [1.29, 1.82) is 0 Å². The van der Waals surface area contributed by atoms with Crippen LogP contribution < -0.4 is 5.32 Å². The van der Waals surface area contributed by atoms with Gasteiger partial charge in [0.2, 0.25) is 5.91 Å². The van der Waals surface area contributed by atoms with Crippen molar-refractivity contribution in [3.63, 3.8) is 0 Å². The second-order valence-electron chi connectivity index (χ2n) is 3.37. The molecule has 4 heteroatoms. The molecular weight excluding hydrogens is 168 g/mol. The number of amides is 1. The van der Waals surface area contributed by atoms with Gasteiger partial charge in [-0.25, -0.2) is 0 Å². The number of likely N-dealkylation sites (N-methyl/N-ethyl adjacent to an activating group) is 1. The lowest BCUT2D eigenvalue weighted by Crippen LogP contribution is -2.42. The lowest BCUT2D eigenvalue weighted by atomic mass is 10.2. The number of carbonyl (C=O) groups is 1. The molecule has 1 rings (SSSR count). The Morgan fingerprint density at radius 2 is 2.46 bits per heavy atom. The van der Waals surface area contributed by atoms with E-state index in [0.29, 0.717) is 6.04 Å². The Labute approximate surface area is 79.2 Å². The topological polar surface area (TPSA) is 41.6 Å². The van der Waals surface area contributed by atoms with Crippen molar-refractivity contribution < 1.29 is 9.53 Å². The Balaban J connectivity index is 2.42. The van der Waals surface area contributed by atoms with Crippen LogP contribution in [0.1, 0.15) is 12.8 Å². The molecule has 0 aromatic rings. The van der Waals surface area contributed by atoms with Gasteiger partial charge in [0.05, 0.1) is 0 Å². The summed E-state index contributed by atoms with van der Waals surface area (Å²) in [6.07, 6.45) is 2.22. The Morgan fingerprint density at radius 3 is 3.08 bits per heavy atom. The van der Waals surface area contributed by atoms with Crippen molar-refractivity contribution in [1.82, 2.24) is 10.2 Å². The third kappa shape index (κ3) is 2.67. The molecule has 1 saturated heterocycles. The van der Waals surface area contributed by atoms with Gasteiger partial charge in [0.25, 0.3) is 0 Å². The predicted molar refractivity (Wildman–Crippen MR) is 50.5 cm³/mol. The van der Waals surface area contributed by atoms with E-state index in [2.05, 4.69) is 5.32 Å². The summed E-state index contributed by atoms with van der Waals surface area (Å²) in [5, 5.41) is 3.10. The summed E-state index contributed by atoms with van der Waals surface area (Å²) in [6.45, 7) is 1.98. The zero-order valence-electron chi connectivity index (χ0n) is 8.38. The van der Waals surface area contributed by atoms with E-state index < -0.39 is 0 Å². The van der Waals surface area contributed by atoms with Gasteiger partial charge >= 0.3 is 0 Å². The number of rotatable bonds is 4. The average molecular weight is 186 g/mol. The SMILES string of the molecule is CNCC1CCCN1C(=O)COC. The highest BCUT2D eigenvalue weighted by Crippen LogP contribution is 2.16. The van der Waals surface area contributed by atoms with Gasteiger partial charge in [0.15, 0.2) is 0 Å². The van der Waals surface area contributed by atoms with Crippen LogP contribution in [0, 0.1) is 0 Å². The number of carbonyl (C=O) groups excluding carboxylic acids is 1. The van der Waals surface area contributed by atoms with Gasteiger partial charge in [-0.05, 0) is 19.9 Å². The molecule has 1 N–H and O–H groups in total. The first-order valence-corrected chi connectivity index (χ1v) is 4.72. The minimum absolute atomic E-state index is 0.111. The zero-order chi connectivity index (χ0) is 9.68. The van der Waals surface area contributed by atoms with Crippen LogP contribution >= 0.6 is 0 Å². The van der Waals surface area contributed by atoms with Crippen molar-refractivity contribution in [3.8, 4) is 0 Å². The molecular formula is C9H18N2O2. The molecule has 1 heterocycles. The maximum Gasteiger partial charge on any atom is 0.248 e. The molecule has 1 aliphatic rings. The highest BCUT2D eigenvalue weighted by atomic mass is 16.5. The summed E-state index contributed by atoms with van der Waals surface area (Å²) < 4.78 is 4.83. The minimum atomic E-state index is 0.111. The van der Waals surface area contributed by atoms with Crippen molar-refractivity contribution >= 4 is 5.91 Å². The molecule has 1 aliphatic heterocycles. The molecule has 1 atom stereocenters.